The zero-order valence-corrected chi connectivity index (χ0v) is 12.5. The van der Waals surface area contributed by atoms with Crippen LogP contribution in [0.3, 0.4) is 0 Å². The average Bonchev–Trinajstić information content (AvgIpc) is 2.44. The molecule has 2 rings (SSSR count). The molecule has 0 fully saturated rings. The average molecular weight is 313 g/mol. The van der Waals surface area contributed by atoms with Crippen molar-refractivity contribution in [2.75, 3.05) is 6.54 Å². The molecule has 0 radical (unpaired) electrons. The minimum Gasteiger partial charge on any atom is -0.305 e. The van der Waals surface area contributed by atoms with Crippen molar-refractivity contribution in [3.05, 3.63) is 63.6 Å². The molecule has 1 unspecified atom stereocenters. The number of nitrogens with zero attached hydrogens (tertiary/aromatic N) is 1. The van der Waals surface area contributed by atoms with Crippen LogP contribution in [0, 0.1) is 5.82 Å². The SMILES string of the molecule is CCCNC(c1ccc(Cl)cn1)c1cc(F)ccc1Cl. The van der Waals surface area contributed by atoms with E-state index in [-0.39, 0.29) is 11.9 Å². The van der Waals surface area contributed by atoms with E-state index in [2.05, 4.69) is 17.2 Å². The summed E-state index contributed by atoms with van der Waals surface area (Å²) in [5.41, 5.74) is 1.44. The molecule has 2 nitrogen and oxygen atoms in total. The fourth-order valence-corrected chi connectivity index (χ4v) is 2.29. The van der Waals surface area contributed by atoms with Crippen LogP contribution in [0.1, 0.15) is 30.6 Å². The molecule has 1 aromatic carbocycles. The lowest BCUT2D eigenvalue weighted by Crippen LogP contribution is -2.24. The highest BCUT2D eigenvalue weighted by atomic mass is 35.5. The summed E-state index contributed by atoms with van der Waals surface area (Å²) in [6.45, 7) is 2.84. The second kappa shape index (κ2) is 7.02. The van der Waals surface area contributed by atoms with Crippen molar-refractivity contribution in [2.45, 2.75) is 19.4 Å². The van der Waals surface area contributed by atoms with Gasteiger partial charge in [0.15, 0.2) is 0 Å². The molecule has 0 amide bonds. The Morgan fingerprint density at radius 1 is 1.25 bits per heavy atom. The first-order chi connectivity index (χ1) is 9.61. The Kier molecular flexibility index (Phi) is 5.35. The summed E-state index contributed by atoms with van der Waals surface area (Å²) >= 11 is 12.0. The molecule has 1 heterocycles. The predicted octanol–water partition coefficient (Wildman–Crippen LogP) is 4.62. The van der Waals surface area contributed by atoms with E-state index in [0.29, 0.717) is 15.6 Å². The maximum atomic E-state index is 13.5. The van der Waals surface area contributed by atoms with Gasteiger partial charge in [0.05, 0.1) is 16.8 Å². The lowest BCUT2D eigenvalue weighted by atomic mass is 10.0. The van der Waals surface area contributed by atoms with Crippen LogP contribution in [0.2, 0.25) is 10.0 Å². The maximum absolute atomic E-state index is 13.5. The van der Waals surface area contributed by atoms with Crippen molar-refractivity contribution in [1.82, 2.24) is 10.3 Å². The van der Waals surface area contributed by atoms with E-state index >= 15 is 0 Å². The zero-order chi connectivity index (χ0) is 14.5. The summed E-state index contributed by atoms with van der Waals surface area (Å²) in [6.07, 6.45) is 2.53. The molecule has 106 valence electrons. The molecule has 1 atom stereocenters. The molecule has 0 saturated heterocycles. The fourth-order valence-electron chi connectivity index (χ4n) is 1.96. The van der Waals surface area contributed by atoms with Crippen LogP contribution in [0.4, 0.5) is 4.39 Å². The highest BCUT2D eigenvalue weighted by Crippen LogP contribution is 2.28. The van der Waals surface area contributed by atoms with Gasteiger partial charge in [0, 0.05) is 11.2 Å². The Morgan fingerprint density at radius 3 is 2.70 bits per heavy atom. The van der Waals surface area contributed by atoms with Gasteiger partial charge >= 0.3 is 0 Å². The van der Waals surface area contributed by atoms with Crippen molar-refractivity contribution in [3.8, 4) is 0 Å². The topological polar surface area (TPSA) is 24.9 Å². The molecule has 0 aliphatic heterocycles. The summed E-state index contributed by atoms with van der Waals surface area (Å²) in [4.78, 5) is 4.30. The molecule has 1 N–H and O–H groups in total. The van der Waals surface area contributed by atoms with Crippen LogP contribution in [-0.4, -0.2) is 11.5 Å². The van der Waals surface area contributed by atoms with Gasteiger partial charge in [0.2, 0.25) is 0 Å². The highest BCUT2D eigenvalue weighted by molar-refractivity contribution is 6.31. The molecule has 0 bridgehead atoms. The van der Waals surface area contributed by atoms with E-state index < -0.39 is 0 Å². The Morgan fingerprint density at radius 2 is 2.05 bits per heavy atom. The van der Waals surface area contributed by atoms with Gasteiger partial charge in [-0.15, -0.1) is 0 Å². The van der Waals surface area contributed by atoms with Crippen LogP contribution >= 0.6 is 23.2 Å². The van der Waals surface area contributed by atoms with Crippen molar-refractivity contribution in [2.24, 2.45) is 0 Å². The van der Waals surface area contributed by atoms with Gasteiger partial charge in [-0.25, -0.2) is 4.39 Å². The summed E-state index contributed by atoms with van der Waals surface area (Å²) in [5.74, 6) is -0.318. The van der Waals surface area contributed by atoms with Crippen LogP contribution < -0.4 is 5.32 Å². The third-order valence-electron chi connectivity index (χ3n) is 2.91. The highest BCUT2D eigenvalue weighted by Gasteiger charge is 2.18. The van der Waals surface area contributed by atoms with E-state index in [9.17, 15) is 4.39 Å². The summed E-state index contributed by atoms with van der Waals surface area (Å²) in [7, 11) is 0. The molecular formula is C15H15Cl2FN2. The number of benzene rings is 1. The van der Waals surface area contributed by atoms with Crippen molar-refractivity contribution in [3.63, 3.8) is 0 Å². The molecule has 1 aromatic heterocycles. The molecular weight excluding hydrogens is 298 g/mol. The fraction of sp³-hybridized carbons (Fsp3) is 0.267. The minimum absolute atomic E-state index is 0.254. The van der Waals surface area contributed by atoms with Gasteiger partial charge in [-0.1, -0.05) is 30.1 Å². The monoisotopic (exact) mass is 312 g/mol. The molecule has 0 spiro atoms. The second-order valence-corrected chi connectivity index (χ2v) is 5.30. The summed E-state index contributed by atoms with van der Waals surface area (Å²) in [6, 6.07) is 7.66. The van der Waals surface area contributed by atoms with Crippen LogP contribution in [0.5, 0.6) is 0 Å². The molecule has 5 heteroatoms. The minimum atomic E-state index is -0.318. The quantitative estimate of drug-likeness (QED) is 0.871. The normalized spacial score (nSPS) is 12.4. The molecule has 2 aromatic rings. The lowest BCUT2D eigenvalue weighted by Gasteiger charge is -2.20. The first-order valence-electron chi connectivity index (χ1n) is 6.41. The van der Waals surface area contributed by atoms with Gasteiger partial charge in [0.25, 0.3) is 0 Å². The van der Waals surface area contributed by atoms with Crippen LogP contribution in [0.25, 0.3) is 0 Å². The number of nitrogens with one attached hydrogen (secondary N) is 1. The van der Waals surface area contributed by atoms with Gasteiger partial charge in [-0.2, -0.15) is 0 Å². The first kappa shape index (κ1) is 15.2. The predicted molar refractivity (Wildman–Crippen MR) is 80.8 cm³/mol. The summed E-state index contributed by atoms with van der Waals surface area (Å²) in [5, 5.41) is 4.41. The largest absolute Gasteiger partial charge is 0.305 e. The molecule has 20 heavy (non-hydrogen) atoms. The van der Waals surface area contributed by atoms with E-state index in [1.165, 1.54) is 12.1 Å². The number of aromatic nitrogens is 1. The Labute approximate surface area is 127 Å². The van der Waals surface area contributed by atoms with Crippen LogP contribution in [-0.2, 0) is 0 Å². The number of rotatable bonds is 5. The molecule has 0 saturated carbocycles. The number of hydrogen-bond donors (Lipinski definition) is 1. The second-order valence-electron chi connectivity index (χ2n) is 4.45. The Bertz CT molecular complexity index is 573. The van der Waals surface area contributed by atoms with Crippen LogP contribution in [0.15, 0.2) is 36.5 Å². The lowest BCUT2D eigenvalue weighted by molar-refractivity contribution is 0.576. The molecule has 0 aliphatic rings. The van der Waals surface area contributed by atoms with E-state index in [0.717, 1.165) is 18.7 Å². The van der Waals surface area contributed by atoms with Crippen molar-refractivity contribution < 1.29 is 4.39 Å². The van der Waals surface area contributed by atoms with Gasteiger partial charge in [-0.3, -0.25) is 4.98 Å². The zero-order valence-electron chi connectivity index (χ0n) is 11.0. The van der Waals surface area contributed by atoms with Gasteiger partial charge in [0.1, 0.15) is 5.82 Å². The Balaban J connectivity index is 2.41. The summed E-state index contributed by atoms with van der Waals surface area (Å²) < 4.78 is 13.5. The smallest absolute Gasteiger partial charge is 0.123 e. The third kappa shape index (κ3) is 3.69. The standard InChI is InChI=1S/C15H15Cl2FN2/c1-2-7-19-15(14-6-3-10(16)9-20-14)12-8-11(18)4-5-13(12)17/h3-6,8-9,15,19H,2,7H2,1H3. The first-order valence-corrected chi connectivity index (χ1v) is 7.17. The van der Waals surface area contributed by atoms with Gasteiger partial charge in [-0.05, 0) is 48.9 Å². The maximum Gasteiger partial charge on any atom is 0.123 e. The molecule has 0 aliphatic carbocycles. The van der Waals surface area contributed by atoms with Crippen molar-refractivity contribution >= 4 is 23.2 Å². The van der Waals surface area contributed by atoms with E-state index in [1.807, 2.05) is 6.07 Å². The van der Waals surface area contributed by atoms with E-state index in [4.69, 9.17) is 23.2 Å². The van der Waals surface area contributed by atoms with E-state index in [1.54, 1.807) is 18.3 Å². The Hall–Kier alpha value is -1.16. The number of pyridine rings is 1. The number of halogens is 3. The van der Waals surface area contributed by atoms with Crippen molar-refractivity contribution in [1.29, 1.82) is 0 Å². The van der Waals surface area contributed by atoms with Gasteiger partial charge < -0.3 is 5.32 Å². The number of hydrogen-bond acceptors (Lipinski definition) is 2. The third-order valence-corrected chi connectivity index (χ3v) is 3.48.